The van der Waals surface area contributed by atoms with Crippen LogP contribution in [0.4, 0.5) is 0 Å². The van der Waals surface area contributed by atoms with Crippen molar-refractivity contribution < 1.29 is 4.79 Å². The molecule has 9 aromatic rings. The van der Waals surface area contributed by atoms with Gasteiger partial charge in [-0.25, -0.2) is 4.98 Å². The first-order valence-corrected chi connectivity index (χ1v) is 17.4. The van der Waals surface area contributed by atoms with Crippen LogP contribution in [0, 0.1) is 0 Å². The van der Waals surface area contributed by atoms with Crippen LogP contribution in [0.5, 0.6) is 0 Å². The highest BCUT2D eigenvalue weighted by atomic mass is 35.5. The second-order valence-corrected chi connectivity index (χ2v) is 14.5. The molecule has 0 spiro atoms. The van der Waals surface area contributed by atoms with Crippen molar-refractivity contribution in [3.63, 3.8) is 0 Å². The van der Waals surface area contributed by atoms with Gasteiger partial charge in [-0.3, -0.25) is 14.0 Å². The summed E-state index contributed by atoms with van der Waals surface area (Å²) in [6, 6.07) is 15.1. The van der Waals surface area contributed by atoms with Crippen LogP contribution in [0.2, 0.25) is 20.1 Å². The third-order valence-corrected chi connectivity index (χ3v) is 11.2. The number of pyridine rings is 1. The fourth-order valence-electron chi connectivity index (χ4n) is 8.03. The number of halogens is 4. The van der Waals surface area contributed by atoms with Crippen LogP contribution in [0.25, 0.3) is 99.0 Å². The molecule has 9 rings (SSSR count). The van der Waals surface area contributed by atoms with Crippen molar-refractivity contribution in [1.82, 2.24) is 9.38 Å². The summed E-state index contributed by atoms with van der Waals surface area (Å²) in [6.45, 7) is 13.5. The minimum absolute atomic E-state index is 0.155. The lowest BCUT2D eigenvalue weighted by atomic mass is 9.83. The van der Waals surface area contributed by atoms with Crippen molar-refractivity contribution in [3.8, 4) is 0 Å². The molecule has 2 aromatic heterocycles. The lowest BCUT2D eigenvalue weighted by Crippen LogP contribution is -2.13. The minimum atomic E-state index is -0.259. The molecule has 0 aliphatic heterocycles. The lowest BCUT2D eigenvalue weighted by molar-refractivity contribution is 0.101. The van der Waals surface area contributed by atoms with E-state index >= 15 is 0 Å². The Labute approximate surface area is 305 Å². The first-order chi connectivity index (χ1) is 24.0. The summed E-state index contributed by atoms with van der Waals surface area (Å²) in [6.07, 6.45) is 5.85. The molecular formula is C42H24Cl4N2O2. The van der Waals surface area contributed by atoms with E-state index in [1.165, 1.54) is 6.92 Å². The Hall–Kier alpha value is -4.71. The zero-order valence-electron chi connectivity index (χ0n) is 27.0. The average Bonchev–Trinajstić information content (AvgIpc) is 3.48. The molecule has 0 aliphatic rings. The molecule has 2 heterocycles. The van der Waals surface area contributed by atoms with Crippen LogP contribution in [0.15, 0.2) is 72.6 Å². The predicted molar refractivity (Wildman–Crippen MR) is 216 cm³/mol. The largest absolute Gasteiger partial charge is 0.294 e. The van der Waals surface area contributed by atoms with Gasteiger partial charge in [0.15, 0.2) is 5.78 Å². The summed E-state index contributed by atoms with van der Waals surface area (Å²) in [5, 5.41) is 9.60. The standard InChI is InChI=1S/C42H24Cl4N2O2/c1-6-8-20-12-24-21(11-19(20)7-2)9-10-31-40(24)47-41-25-15-29(45)36-35-28(44)14-23(18(5)49)32-22(17(3)4)13-27(43)34(38(32)35)37-30(46)16-26(33(25)39(36)37)42(50)48(31)41/h6-16H,2-3H2,1,4-5H3/b8-6-. The van der Waals surface area contributed by atoms with Crippen molar-refractivity contribution in [3.05, 3.63) is 120 Å². The van der Waals surface area contributed by atoms with Gasteiger partial charge in [0.1, 0.15) is 5.65 Å². The maximum Gasteiger partial charge on any atom is 0.264 e. The summed E-state index contributed by atoms with van der Waals surface area (Å²) in [7, 11) is 0. The fraction of sp³-hybridized carbons (Fsp3) is 0.0714. The average molecular weight is 730 g/mol. The second kappa shape index (κ2) is 10.6. The predicted octanol–water partition coefficient (Wildman–Crippen LogP) is 13.2. The van der Waals surface area contributed by atoms with E-state index in [4.69, 9.17) is 51.4 Å². The second-order valence-electron chi connectivity index (χ2n) is 12.9. The molecule has 0 aliphatic carbocycles. The number of Topliss-reactive ketones (excluding diaryl/α,β-unsaturated/α-hetero) is 1. The molecule has 4 nitrogen and oxygen atoms in total. The Kier molecular flexibility index (Phi) is 6.66. The van der Waals surface area contributed by atoms with Crippen molar-refractivity contribution in [2.45, 2.75) is 20.8 Å². The van der Waals surface area contributed by atoms with Crippen LogP contribution < -0.4 is 5.56 Å². The van der Waals surface area contributed by atoms with E-state index in [1.54, 1.807) is 16.5 Å². The number of rotatable bonds is 4. The molecule has 0 radical (unpaired) electrons. The quantitative estimate of drug-likeness (QED) is 0.103. The van der Waals surface area contributed by atoms with Gasteiger partial charge in [-0.1, -0.05) is 89.4 Å². The van der Waals surface area contributed by atoms with Crippen LogP contribution in [-0.2, 0) is 0 Å². The third-order valence-electron chi connectivity index (χ3n) is 10.0. The summed E-state index contributed by atoms with van der Waals surface area (Å²) in [5.74, 6) is -0.155. The number of ketones is 1. The van der Waals surface area contributed by atoms with Crippen LogP contribution in [0.1, 0.15) is 47.8 Å². The monoisotopic (exact) mass is 728 g/mol. The highest BCUT2D eigenvalue weighted by Gasteiger charge is 2.29. The van der Waals surface area contributed by atoms with Crippen LogP contribution >= 0.6 is 46.4 Å². The van der Waals surface area contributed by atoms with Gasteiger partial charge in [0, 0.05) is 79.5 Å². The third kappa shape index (κ3) is 3.88. The number of imidazole rings is 1. The molecule has 0 bridgehead atoms. The zero-order valence-corrected chi connectivity index (χ0v) is 30.0. The molecule has 50 heavy (non-hydrogen) atoms. The van der Waals surface area contributed by atoms with Gasteiger partial charge in [-0.15, -0.1) is 0 Å². The molecule has 0 N–H and O–H groups in total. The number of hydrogen-bond acceptors (Lipinski definition) is 3. The van der Waals surface area contributed by atoms with Crippen molar-refractivity contribution in [2.24, 2.45) is 0 Å². The minimum Gasteiger partial charge on any atom is -0.294 e. The van der Waals surface area contributed by atoms with Gasteiger partial charge >= 0.3 is 0 Å². The number of fused-ring (bicyclic) bond motifs is 8. The van der Waals surface area contributed by atoms with E-state index in [0.29, 0.717) is 96.2 Å². The maximum absolute atomic E-state index is 14.7. The van der Waals surface area contributed by atoms with Crippen LogP contribution in [0.3, 0.4) is 0 Å². The molecule has 0 unspecified atom stereocenters. The van der Waals surface area contributed by atoms with Gasteiger partial charge in [0.25, 0.3) is 5.56 Å². The Bertz CT molecular complexity index is 3120. The summed E-state index contributed by atoms with van der Waals surface area (Å²) in [5.41, 5.74) is 5.49. The molecule has 0 atom stereocenters. The lowest BCUT2D eigenvalue weighted by Gasteiger charge is -2.22. The molecule has 242 valence electrons. The van der Waals surface area contributed by atoms with E-state index in [9.17, 15) is 9.59 Å². The molecule has 8 heteroatoms. The Balaban J connectivity index is 1.57. The zero-order chi connectivity index (χ0) is 35.1. The van der Waals surface area contributed by atoms with Gasteiger partial charge < -0.3 is 0 Å². The van der Waals surface area contributed by atoms with E-state index in [0.717, 1.165) is 33.0 Å². The van der Waals surface area contributed by atoms with E-state index in [1.807, 2.05) is 56.3 Å². The van der Waals surface area contributed by atoms with E-state index < -0.39 is 0 Å². The fourth-order valence-corrected chi connectivity index (χ4v) is 9.22. The Morgan fingerprint density at radius 3 is 1.92 bits per heavy atom. The van der Waals surface area contributed by atoms with Gasteiger partial charge in [0.05, 0.1) is 16.4 Å². The number of benzene rings is 7. The summed E-state index contributed by atoms with van der Waals surface area (Å²) < 4.78 is 1.65. The van der Waals surface area contributed by atoms with E-state index in [-0.39, 0.29) is 11.3 Å². The number of carbonyl (C=O) groups excluding carboxylic acids is 1. The molecular weight excluding hydrogens is 706 g/mol. The number of aromatic nitrogens is 2. The molecule has 0 fully saturated rings. The van der Waals surface area contributed by atoms with Crippen molar-refractivity contribution >= 4 is 151 Å². The number of allylic oxidation sites excluding steroid dienone is 2. The first kappa shape index (κ1) is 31.3. The summed E-state index contributed by atoms with van der Waals surface area (Å²) >= 11 is 28.8. The number of carbonyl (C=O) groups is 1. The topological polar surface area (TPSA) is 51.4 Å². The molecule has 0 amide bonds. The normalized spacial score (nSPS) is 12.5. The van der Waals surface area contributed by atoms with Crippen LogP contribution in [-0.4, -0.2) is 15.2 Å². The van der Waals surface area contributed by atoms with Crippen molar-refractivity contribution in [1.29, 1.82) is 0 Å². The number of nitrogens with zero attached hydrogens (tertiary/aromatic N) is 2. The Morgan fingerprint density at radius 1 is 0.720 bits per heavy atom. The molecule has 0 saturated heterocycles. The molecule has 7 aromatic carbocycles. The molecule has 0 saturated carbocycles. The maximum atomic E-state index is 14.7. The van der Waals surface area contributed by atoms with Gasteiger partial charge in [0.2, 0.25) is 0 Å². The van der Waals surface area contributed by atoms with E-state index in [2.05, 4.69) is 25.3 Å². The highest BCUT2D eigenvalue weighted by Crippen LogP contribution is 2.53. The highest BCUT2D eigenvalue weighted by molar-refractivity contribution is 6.55. The summed E-state index contributed by atoms with van der Waals surface area (Å²) in [4.78, 5) is 32.9. The first-order valence-electron chi connectivity index (χ1n) is 15.9. The SMILES string of the molecule is C=Cc1cc2ccc3c(nc4c5cc(Cl)c6c7c(Cl)cc(C(C)=O)c8c(C(=C)C)cc(Cl)c(c9c(Cl)cc(c(=O)n34)c5c96)c87)c2cc1/C=C\C. The number of hydrogen-bond donors (Lipinski definition) is 0. The Morgan fingerprint density at radius 2 is 1.32 bits per heavy atom. The van der Waals surface area contributed by atoms with Crippen molar-refractivity contribution in [2.75, 3.05) is 0 Å². The smallest absolute Gasteiger partial charge is 0.264 e. The van der Waals surface area contributed by atoms with Gasteiger partial charge in [-0.05, 0) is 85.3 Å². The van der Waals surface area contributed by atoms with Gasteiger partial charge in [-0.2, -0.15) is 0 Å².